The zero-order valence-corrected chi connectivity index (χ0v) is 26.6. The second-order valence-electron chi connectivity index (χ2n) is 11.7. The highest BCUT2D eigenvalue weighted by molar-refractivity contribution is 5.61. The van der Waals surface area contributed by atoms with Gasteiger partial charge >= 0.3 is 0 Å². The van der Waals surface area contributed by atoms with Gasteiger partial charge in [-0.1, -0.05) is 145 Å². The lowest BCUT2D eigenvalue weighted by Crippen LogP contribution is -2.16. The molecule has 0 amide bonds. The highest BCUT2D eigenvalue weighted by Crippen LogP contribution is 2.37. The minimum absolute atomic E-state index is 0.201. The quantitative estimate of drug-likeness (QED) is 0.264. The number of benzene rings is 1. The molecule has 2 rings (SSSR count). The summed E-state index contributed by atoms with van der Waals surface area (Å²) < 4.78 is 0. The van der Waals surface area contributed by atoms with Crippen LogP contribution in [0.15, 0.2) is 137 Å². The Morgan fingerprint density at radius 1 is 0.625 bits per heavy atom. The van der Waals surface area contributed by atoms with E-state index in [1.54, 1.807) is 0 Å². The first-order valence-corrected chi connectivity index (χ1v) is 14.4. The van der Waals surface area contributed by atoms with Gasteiger partial charge in [-0.05, 0) is 101 Å². The Morgan fingerprint density at radius 2 is 1.10 bits per heavy atom. The van der Waals surface area contributed by atoms with Crippen LogP contribution in [0.2, 0.25) is 0 Å². The second kappa shape index (κ2) is 15.8. The maximum Gasteiger partial charge on any atom is -0.00664 e. The summed E-state index contributed by atoms with van der Waals surface area (Å²) in [5.74, 6) is 0. The molecule has 1 aromatic rings. The topological polar surface area (TPSA) is 0 Å². The van der Waals surface area contributed by atoms with Crippen molar-refractivity contribution in [3.63, 3.8) is 0 Å². The van der Waals surface area contributed by atoms with Crippen LogP contribution in [0.5, 0.6) is 0 Å². The summed E-state index contributed by atoms with van der Waals surface area (Å²) in [5.41, 5.74) is 13.2. The van der Waals surface area contributed by atoms with Gasteiger partial charge in [-0.25, -0.2) is 0 Å². The summed E-state index contributed by atoms with van der Waals surface area (Å²) >= 11 is 0. The Morgan fingerprint density at radius 3 is 1.65 bits per heavy atom. The fraction of sp³-hybridized carbons (Fsp3) is 0.300. The van der Waals surface area contributed by atoms with Gasteiger partial charge in [0, 0.05) is 0 Å². The highest BCUT2D eigenvalue weighted by atomic mass is 14.3. The molecule has 0 saturated heterocycles. The van der Waals surface area contributed by atoms with Crippen LogP contribution < -0.4 is 0 Å². The molecule has 210 valence electrons. The maximum absolute atomic E-state index is 2.32. The molecule has 0 heteroatoms. The van der Waals surface area contributed by atoms with Gasteiger partial charge in [-0.3, -0.25) is 0 Å². The van der Waals surface area contributed by atoms with E-state index in [4.69, 9.17) is 0 Å². The lowest BCUT2D eigenvalue weighted by molar-refractivity contribution is 0.456. The molecule has 0 fully saturated rings. The molecule has 1 aliphatic rings. The van der Waals surface area contributed by atoms with Crippen LogP contribution in [0.4, 0.5) is 0 Å². The molecule has 0 aromatic heterocycles. The number of allylic oxidation sites excluding steroid dienone is 21. The van der Waals surface area contributed by atoms with Gasteiger partial charge in [0.25, 0.3) is 0 Å². The van der Waals surface area contributed by atoms with Gasteiger partial charge in [0.05, 0.1) is 0 Å². The number of hydrogen-bond donors (Lipinski definition) is 0. The summed E-state index contributed by atoms with van der Waals surface area (Å²) in [6, 6.07) is 4.39. The minimum atomic E-state index is 0.201. The van der Waals surface area contributed by atoms with Crippen molar-refractivity contribution >= 4 is 6.08 Å². The van der Waals surface area contributed by atoms with Crippen molar-refractivity contribution in [2.24, 2.45) is 5.41 Å². The van der Waals surface area contributed by atoms with Crippen LogP contribution in [0.3, 0.4) is 0 Å². The molecule has 0 unspecified atom stereocenters. The fourth-order valence-electron chi connectivity index (χ4n) is 4.62. The van der Waals surface area contributed by atoms with E-state index in [2.05, 4.69) is 179 Å². The largest absolute Gasteiger partial charge is 0.0834 e. The van der Waals surface area contributed by atoms with Gasteiger partial charge in [-0.2, -0.15) is 0 Å². The molecule has 0 radical (unpaired) electrons. The van der Waals surface area contributed by atoms with Crippen LogP contribution >= 0.6 is 0 Å². The summed E-state index contributed by atoms with van der Waals surface area (Å²) in [4.78, 5) is 0. The molecular weight excluding hydrogens is 480 g/mol. The van der Waals surface area contributed by atoms with Crippen molar-refractivity contribution in [3.05, 3.63) is 159 Å². The predicted molar refractivity (Wildman–Crippen MR) is 182 cm³/mol. The lowest BCUT2D eigenvalue weighted by atomic mass is 9.75. The normalized spacial score (nSPS) is 17.8. The van der Waals surface area contributed by atoms with E-state index < -0.39 is 0 Å². The minimum Gasteiger partial charge on any atom is -0.0834 e. The zero-order chi connectivity index (χ0) is 29.7. The Balaban J connectivity index is 1.90. The van der Waals surface area contributed by atoms with Gasteiger partial charge in [0.15, 0.2) is 0 Å². The van der Waals surface area contributed by atoms with Gasteiger partial charge in [0.2, 0.25) is 0 Å². The molecule has 1 aliphatic carbocycles. The van der Waals surface area contributed by atoms with Crippen molar-refractivity contribution in [1.82, 2.24) is 0 Å². The molecule has 0 saturated carbocycles. The second-order valence-corrected chi connectivity index (χ2v) is 11.7. The van der Waals surface area contributed by atoms with Crippen LogP contribution in [-0.2, 0) is 0 Å². The molecule has 0 atom stereocenters. The van der Waals surface area contributed by atoms with Crippen LogP contribution in [-0.4, -0.2) is 0 Å². The van der Waals surface area contributed by atoms with Gasteiger partial charge in [-0.15, -0.1) is 0 Å². The molecule has 0 spiro atoms. The SMILES string of the molecule is CC1=C(/C=C/C(C)=C/C=C/C(C)=C/C=C/C=C(C)/C=C/C=C(C)/C=C/c2c(C)ccc(C)c2C)C(C)(C)CC=C1. The summed E-state index contributed by atoms with van der Waals surface area (Å²) in [6.45, 7) is 21.9. The van der Waals surface area contributed by atoms with Gasteiger partial charge < -0.3 is 0 Å². The third-order valence-electron chi connectivity index (χ3n) is 7.45. The number of aryl methyl sites for hydroxylation is 2. The first kappa shape index (κ1) is 32.6. The van der Waals surface area contributed by atoms with Crippen molar-refractivity contribution in [2.45, 2.75) is 75.7 Å². The van der Waals surface area contributed by atoms with Crippen molar-refractivity contribution < 1.29 is 0 Å². The van der Waals surface area contributed by atoms with Crippen LogP contribution in [0.1, 0.15) is 77.1 Å². The Bertz CT molecular complexity index is 1380. The zero-order valence-electron chi connectivity index (χ0n) is 26.6. The van der Waals surface area contributed by atoms with Crippen molar-refractivity contribution in [2.75, 3.05) is 0 Å². The third-order valence-corrected chi connectivity index (χ3v) is 7.45. The molecule has 0 aliphatic heterocycles. The molecule has 40 heavy (non-hydrogen) atoms. The van der Waals surface area contributed by atoms with E-state index in [0.29, 0.717) is 0 Å². The maximum atomic E-state index is 2.32. The Hall–Kier alpha value is -3.64. The van der Waals surface area contributed by atoms with Crippen molar-refractivity contribution in [1.29, 1.82) is 0 Å². The lowest BCUT2D eigenvalue weighted by Gasteiger charge is -2.29. The Labute approximate surface area is 245 Å². The number of hydrogen-bond acceptors (Lipinski definition) is 0. The average molecular weight is 531 g/mol. The molecule has 0 nitrogen and oxygen atoms in total. The van der Waals surface area contributed by atoms with E-state index in [1.165, 1.54) is 55.7 Å². The van der Waals surface area contributed by atoms with Crippen LogP contribution in [0.25, 0.3) is 6.08 Å². The highest BCUT2D eigenvalue weighted by Gasteiger charge is 2.23. The smallest absolute Gasteiger partial charge is 0.00664 e. The molecule has 0 bridgehead atoms. The summed E-state index contributed by atoms with van der Waals surface area (Å²) in [6.07, 6.45) is 35.9. The first-order valence-electron chi connectivity index (χ1n) is 14.4. The van der Waals surface area contributed by atoms with E-state index in [-0.39, 0.29) is 5.41 Å². The summed E-state index contributed by atoms with van der Waals surface area (Å²) in [7, 11) is 0. The van der Waals surface area contributed by atoms with Crippen LogP contribution in [0, 0.1) is 26.2 Å². The van der Waals surface area contributed by atoms with E-state index in [0.717, 1.165) is 6.42 Å². The van der Waals surface area contributed by atoms with E-state index in [9.17, 15) is 0 Å². The monoisotopic (exact) mass is 530 g/mol. The predicted octanol–water partition coefficient (Wildman–Crippen LogP) is 11.9. The Kier molecular flexibility index (Phi) is 12.9. The average Bonchev–Trinajstić information content (AvgIpc) is 2.88. The molecule has 0 heterocycles. The molecular formula is C40H50. The van der Waals surface area contributed by atoms with Gasteiger partial charge in [0.1, 0.15) is 0 Å². The first-order chi connectivity index (χ1) is 18.9. The number of rotatable bonds is 10. The fourth-order valence-corrected chi connectivity index (χ4v) is 4.62. The summed E-state index contributed by atoms with van der Waals surface area (Å²) in [5, 5.41) is 0. The molecule has 1 aromatic carbocycles. The van der Waals surface area contributed by atoms with Crippen molar-refractivity contribution in [3.8, 4) is 0 Å². The third kappa shape index (κ3) is 10.9. The van der Waals surface area contributed by atoms with E-state index in [1.807, 2.05) is 0 Å². The molecule has 0 N–H and O–H groups in total. The van der Waals surface area contributed by atoms with E-state index >= 15 is 0 Å². The standard InChI is InChI=1S/C40H50/c1-30(18-13-20-32(3)23-27-38-35(6)26-25-34(5)37(38)8)16-11-12-17-31(2)19-14-21-33(4)24-28-39-36(7)22-15-29-40(39,9)10/h11-28H,29H2,1-10H3/b12-11+,18-13+,19-14+,27-23+,28-24+,30-16+,31-17+,32-20+,33-21+.